The zero-order valence-corrected chi connectivity index (χ0v) is 15.7. The van der Waals surface area contributed by atoms with Crippen molar-refractivity contribution in [3.05, 3.63) is 29.8 Å². The first-order valence-electron chi connectivity index (χ1n) is 7.38. The van der Waals surface area contributed by atoms with E-state index in [1.807, 2.05) is 0 Å². The van der Waals surface area contributed by atoms with Gasteiger partial charge in [0.2, 0.25) is 5.91 Å². The number of hydrogen-bond acceptors (Lipinski definition) is 6. The summed E-state index contributed by atoms with van der Waals surface area (Å²) in [4.78, 5) is 12.1. The first kappa shape index (κ1) is 19.1. The van der Waals surface area contributed by atoms with Crippen LogP contribution in [0.5, 0.6) is 0 Å². The van der Waals surface area contributed by atoms with Gasteiger partial charge in [-0.2, -0.15) is 0 Å². The van der Waals surface area contributed by atoms with Crippen LogP contribution in [0.15, 0.2) is 26.9 Å². The van der Waals surface area contributed by atoms with E-state index in [4.69, 9.17) is 0 Å². The third kappa shape index (κ3) is 5.71. The number of nitrogens with zero attached hydrogens (tertiary/aromatic N) is 2. The van der Waals surface area contributed by atoms with Crippen molar-refractivity contribution >= 4 is 46.5 Å². The van der Waals surface area contributed by atoms with Crippen LogP contribution in [-0.2, 0) is 4.79 Å². The number of unbranched alkanes of at least 4 members (excludes halogenated alkanes) is 1. The standard InChI is InChI=1S/C15H17F2N3OS3/c1-3-4-7-22-14-19-20-15(24-14)23-9(2)13(21)18-10-5-6-11(16)12(17)8-10/h5-6,8-9H,3-4,7H2,1-2H3,(H,18,21)/t9-/m0/s1. The normalized spacial score (nSPS) is 12.2. The molecule has 1 atom stereocenters. The first-order chi connectivity index (χ1) is 11.5. The van der Waals surface area contributed by atoms with E-state index in [1.165, 1.54) is 29.2 Å². The van der Waals surface area contributed by atoms with Crippen molar-refractivity contribution < 1.29 is 13.6 Å². The highest BCUT2D eigenvalue weighted by Crippen LogP contribution is 2.32. The maximum Gasteiger partial charge on any atom is 0.237 e. The molecule has 0 aliphatic carbocycles. The Morgan fingerprint density at radius 2 is 2.04 bits per heavy atom. The van der Waals surface area contributed by atoms with Crippen LogP contribution in [0.4, 0.5) is 14.5 Å². The molecule has 2 rings (SSSR count). The van der Waals surface area contributed by atoms with E-state index in [2.05, 4.69) is 22.4 Å². The summed E-state index contributed by atoms with van der Waals surface area (Å²) in [6.07, 6.45) is 2.26. The molecule has 0 spiro atoms. The van der Waals surface area contributed by atoms with Crippen LogP contribution < -0.4 is 5.32 Å². The van der Waals surface area contributed by atoms with Crippen molar-refractivity contribution in [2.75, 3.05) is 11.1 Å². The van der Waals surface area contributed by atoms with Gasteiger partial charge in [0.05, 0.1) is 5.25 Å². The number of anilines is 1. The molecule has 0 unspecified atom stereocenters. The Balaban J connectivity index is 1.88. The van der Waals surface area contributed by atoms with E-state index < -0.39 is 16.9 Å². The summed E-state index contributed by atoms with van der Waals surface area (Å²) in [7, 11) is 0. The maximum atomic E-state index is 13.2. The molecule has 2 aromatic rings. The van der Waals surface area contributed by atoms with Gasteiger partial charge in [-0.15, -0.1) is 10.2 Å². The summed E-state index contributed by atoms with van der Waals surface area (Å²) in [5.41, 5.74) is 0.222. The number of carbonyl (C=O) groups excluding carboxylic acids is 1. The van der Waals surface area contributed by atoms with E-state index in [1.54, 1.807) is 18.7 Å². The molecule has 0 saturated heterocycles. The van der Waals surface area contributed by atoms with Gasteiger partial charge in [-0.05, 0) is 25.5 Å². The molecule has 0 aliphatic rings. The minimum atomic E-state index is -0.994. The average molecular weight is 390 g/mol. The average Bonchev–Trinajstić information content (AvgIpc) is 2.98. The maximum absolute atomic E-state index is 13.2. The molecule has 0 fully saturated rings. The SMILES string of the molecule is CCCCSc1nnc(S[C@@H](C)C(=O)Nc2ccc(F)c(F)c2)s1. The quantitative estimate of drug-likeness (QED) is 0.518. The lowest BCUT2D eigenvalue weighted by molar-refractivity contribution is -0.115. The lowest BCUT2D eigenvalue weighted by Crippen LogP contribution is -2.22. The number of nitrogens with one attached hydrogen (secondary N) is 1. The zero-order valence-electron chi connectivity index (χ0n) is 13.2. The molecule has 1 aromatic carbocycles. The smallest absolute Gasteiger partial charge is 0.237 e. The monoisotopic (exact) mass is 389 g/mol. The molecule has 9 heteroatoms. The van der Waals surface area contributed by atoms with Gasteiger partial charge in [-0.25, -0.2) is 8.78 Å². The fourth-order valence-corrected chi connectivity index (χ4v) is 4.95. The van der Waals surface area contributed by atoms with Crippen LogP contribution in [0.3, 0.4) is 0 Å². The highest BCUT2D eigenvalue weighted by atomic mass is 32.2. The zero-order chi connectivity index (χ0) is 17.5. The van der Waals surface area contributed by atoms with Crippen LogP contribution in [0, 0.1) is 11.6 Å². The molecule has 24 heavy (non-hydrogen) atoms. The van der Waals surface area contributed by atoms with Gasteiger partial charge in [0, 0.05) is 17.5 Å². The lowest BCUT2D eigenvalue weighted by atomic mass is 10.3. The Hall–Kier alpha value is -1.19. The number of benzene rings is 1. The van der Waals surface area contributed by atoms with Gasteiger partial charge < -0.3 is 5.32 Å². The predicted octanol–water partition coefficient (Wildman–Crippen LogP) is 4.83. The van der Waals surface area contributed by atoms with Crippen LogP contribution in [0.25, 0.3) is 0 Å². The molecule has 1 N–H and O–H groups in total. The van der Waals surface area contributed by atoms with Gasteiger partial charge >= 0.3 is 0 Å². The number of hydrogen-bond donors (Lipinski definition) is 1. The minimum Gasteiger partial charge on any atom is -0.325 e. The molecule has 0 saturated carbocycles. The molecular formula is C15H17F2N3OS3. The Kier molecular flexibility index (Phi) is 7.44. The van der Waals surface area contributed by atoms with Crippen molar-refractivity contribution in [1.29, 1.82) is 0 Å². The Morgan fingerprint density at radius 3 is 2.75 bits per heavy atom. The van der Waals surface area contributed by atoms with Crippen molar-refractivity contribution in [2.24, 2.45) is 0 Å². The van der Waals surface area contributed by atoms with Gasteiger partial charge in [-0.1, -0.05) is 48.2 Å². The largest absolute Gasteiger partial charge is 0.325 e. The van der Waals surface area contributed by atoms with Crippen LogP contribution in [0.1, 0.15) is 26.7 Å². The highest BCUT2D eigenvalue weighted by molar-refractivity contribution is 8.03. The second-order valence-electron chi connectivity index (χ2n) is 4.91. The summed E-state index contributed by atoms with van der Waals surface area (Å²) >= 11 is 4.40. The van der Waals surface area contributed by atoms with Gasteiger partial charge in [0.25, 0.3) is 0 Å². The molecule has 1 aromatic heterocycles. The highest BCUT2D eigenvalue weighted by Gasteiger charge is 2.18. The topological polar surface area (TPSA) is 54.9 Å². The van der Waals surface area contributed by atoms with Crippen molar-refractivity contribution in [1.82, 2.24) is 10.2 Å². The fraction of sp³-hybridized carbons (Fsp3) is 0.400. The number of thioether (sulfide) groups is 2. The Bertz CT molecular complexity index is 696. The number of aromatic nitrogens is 2. The summed E-state index contributed by atoms with van der Waals surface area (Å²) in [6.45, 7) is 3.86. The molecule has 0 aliphatic heterocycles. The molecule has 4 nitrogen and oxygen atoms in total. The second-order valence-corrected chi connectivity index (χ2v) is 8.82. The molecular weight excluding hydrogens is 372 g/mol. The third-order valence-corrected chi connectivity index (χ3v) is 6.27. The number of halogens is 2. The summed E-state index contributed by atoms with van der Waals surface area (Å²) in [5, 5.41) is 10.3. The van der Waals surface area contributed by atoms with Crippen LogP contribution in [0.2, 0.25) is 0 Å². The van der Waals surface area contributed by atoms with Crippen LogP contribution in [-0.4, -0.2) is 27.1 Å². The van der Waals surface area contributed by atoms with Crippen LogP contribution >= 0.6 is 34.9 Å². The van der Waals surface area contributed by atoms with E-state index in [0.717, 1.165) is 35.1 Å². The second kappa shape index (κ2) is 9.33. The van der Waals surface area contributed by atoms with Crippen molar-refractivity contribution in [3.63, 3.8) is 0 Å². The molecule has 0 bridgehead atoms. The van der Waals surface area contributed by atoms with E-state index in [-0.39, 0.29) is 11.6 Å². The Labute approximate surface area is 151 Å². The van der Waals surface area contributed by atoms with Gasteiger partial charge in [0.1, 0.15) is 0 Å². The third-order valence-electron chi connectivity index (χ3n) is 2.95. The molecule has 130 valence electrons. The van der Waals surface area contributed by atoms with Gasteiger partial charge in [0.15, 0.2) is 20.3 Å². The number of carbonyl (C=O) groups is 1. The fourth-order valence-electron chi connectivity index (χ4n) is 1.63. The minimum absolute atomic E-state index is 0.222. The first-order valence-corrected chi connectivity index (χ1v) is 10.1. The molecule has 1 amide bonds. The van der Waals surface area contributed by atoms with Crippen molar-refractivity contribution in [3.8, 4) is 0 Å². The predicted molar refractivity (Wildman–Crippen MR) is 95.8 cm³/mol. The lowest BCUT2D eigenvalue weighted by Gasteiger charge is -2.10. The molecule has 0 radical (unpaired) electrons. The summed E-state index contributed by atoms with van der Waals surface area (Å²) in [6, 6.07) is 3.26. The summed E-state index contributed by atoms with van der Waals surface area (Å²) < 4.78 is 27.6. The molecule has 1 heterocycles. The van der Waals surface area contributed by atoms with E-state index in [9.17, 15) is 13.6 Å². The van der Waals surface area contributed by atoms with Crippen molar-refractivity contribution in [2.45, 2.75) is 40.6 Å². The Morgan fingerprint density at radius 1 is 1.29 bits per heavy atom. The van der Waals surface area contributed by atoms with E-state index >= 15 is 0 Å². The van der Waals surface area contributed by atoms with Gasteiger partial charge in [-0.3, -0.25) is 4.79 Å². The summed E-state index contributed by atoms with van der Waals surface area (Å²) in [5.74, 6) is -1.24. The number of amides is 1. The van der Waals surface area contributed by atoms with E-state index in [0.29, 0.717) is 4.34 Å². The number of rotatable bonds is 8.